The van der Waals surface area contributed by atoms with E-state index in [0.29, 0.717) is 17.8 Å². The summed E-state index contributed by atoms with van der Waals surface area (Å²) in [6.07, 6.45) is 8.31. The summed E-state index contributed by atoms with van der Waals surface area (Å²) in [7, 11) is 0. The van der Waals surface area contributed by atoms with E-state index in [0.717, 1.165) is 58.6 Å². The van der Waals surface area contributed by atoms with E-state index in [1.165, 1.54) is 0 Å². The summed E-state index contributed by atoms with van der Waals surface area (Å²) in [6, 6.07) is 14.2. The van der Waals surface area contributed by atoms with Crippen molar-refractivity contribution in [3.05, 3.63) is 64.6 Å². The monoisotopic (exact) mass is 508 g/mol. The first-order valence-corrected chi connectivity index (χ1v) is 11.3. The van der Waals surface area contributed by atoms with Gasteiger partial charge in [-0.05, 0) is 81.5 Å². The molecule has 0 saturated heterocycles. The SMILES string of the molecule is CC(C)Oc1ccc2nc(C=Cc3ccc(Cl)cc3)nc([C@H]3CC[C@@H](NN)CC3)c2c1.Cl.Cl. The lowest BCUT2D eigenvalue weighted by Crippen LogP contribution is -2.37. The van der Waals surface area contributed by atoms with Crippen molar-refractivity contribution < 1.29 is 4.74 Å². The predicted molar refractivity (Wildman–Crippen MR) is 142 cm³/mol. The van der Waals surface area contributed by atoms with Gasteiger partial charge in [0.15, 0.2) is 5.82 Å². The fourth-order valence-electron chi connectivity index (χ4n) is 4.16. The van der Waals surface area contributed by atoms with Crippen LogP contribution in [0.2, 0.25) is 5.02 Å². The maximum atomic E-state index is 5.99. The summed E-state index contributed by atoms with van der Waals surface area (Å²) in [6.45, 7) is 4.07. The molecule has 8 heteroatoms. The molecule has 0 amide bonds. The molecule has 0 unspecified atom stereocenters. The highest BCUT2D eigenvalue weighted by molar-refractivity contribution is 6.30. The van der Waals surface area contributed by atoms with Crippen molar-refractivity contribution in [1.29, 1.82) is 0 Å². The molecule has 1 saturated carbocycles. The highest BCUT2D eigenvalue weighted by atomic mass is 35.5. The van der Waals surface area contributed by atoms with Gasteiger partial charge in [-0.15, -0.1) is 24.8 Å². The number of nitrogens with one attached hydrogen (secondary N) is 1. The summed E-state index contributed by atoms with van der Waals surface area (Å²) in [5.41, 5.74) is 6.03. The Morgan fingerprint density at radius 2 is 1.70 bits per heavy atom. The zero-order valence-corrected chi connectivity index (χ0v) is 21.2. The van der Waals surface area contributed by atoms with Crippen molar-refractivity contribution in [2.45, 2.75) is 57.6 Å². The average Bonchev–Trinajstić information content (AvgIpc) is 2.78. The molecule has 3 N–H and O–H groups in total. The average molecular weight is 510 g/mol. The number of halogens is 3. The Hall–Kier alpha value is -1.89. The number of hydrogen-bond acceptors (Lipinski definition) is 5. The van der Waals surface area contributed by atoms with Crippen LogP contribution in [-0.4, -0.2) is 22.1 Å². The second-order valence-electron chi connectivity index (χ2n) is 8.41. The second-order valence-corrected chi connectivity index (χ2v) is 8.85. The van der Waals surface area contributed by atoms with Gasteiger partial charge in [0.25, 0.3) is 0 Å². The van der Waals surface area contributed by atoms with Crippen LogP contribution in [0.4, 0.5) is 0 Å². The third kappa shape index (κ3) is 7.05. The minimum atomic E-state index is 0. The highest BCUT2D eigenvalue weighted by Gasteiger charge is 2.25. The maximum absolute atomic E-state index is 5.99. The molecule has 0 aliphatic heterocycles. The molecule has 0 atom stereocenters. The number of rotatable bonds is 6. The van der Waals surface area contributed by atoms with Crippen LogP contribution in [0.1, 0.15) is 62.5 Å². The molecular formula is C25H31Cl3N4O. The van der Waals surface area contributed by atoms with E-state index in [9.17, 15) is 0 Å². The van der Waals surface area contributed by atoms with Crippen molar-refractivity contribution >= 4 is 59.5 Å². The number of ether oxygens (including phenoxy) is 1. The van der Waals surface area contributed by atoms with E-state index >= 15 is 0 Å². The summed E-state index contributed by atoms with van der Waals surface area (Å²) < 4.78 is 5.94. The van der Waals surface area contributed by atoms with E-state index in [-0.39, 0.29) is 30.9 Å². The van der Waals surface area contributed by atoms with Crippen LogP contribution < -0.4 is 16.0 Å². The largest absolute Gasteiger partial charge is 0.491 e. The molecule has 0 radical (unpaired) electrons. The van der Waals surface area contributed by atoms with Gasteiger partial charge in [0, 0.05) is 22.4 Å². The zero-order chi connectivity index (χ0) is 21.8. The molecule has 2 aromatic carbocycles. The van der Waals surface area contributed by atoms with E-state index < -0.39 is 0 Å². The number of hydrazine groups is 1. The van der Waals surface area contributed by atoms with Gasteiger partial charge < -0.3 is 4.74 Å². The van der Waals surface area contributed by atoms with Crippen LogP contribution in [0, 0.1) is 0 Å². The van der Waals surface area contributed by atoms with Gasteiger partial charge in [-0.25, -0.2) is 9.97 Å². The number of benzene rings is 2. The number of aromatic nitrogens is 2. The summed E-state index contributed by atoms with van der Waals surface area (Å²) in [4.78, 5) is 9.80. The Morgan fingerprint density at radius 1 is 1.00 bits per heavy atom. The molecule has 1 aromatic heterocycles. The van der Waals surface area contributed by atoms with Gasteiger partial charge >= 0.3 is 0 Å². The lowest BCUT2D eigenvalue weighted by molar-refractivity contribution is 0.242. The van der Waals surface area contributed by atoms with Gasteiger partial charge in [-0.1, -0.05) is 29.8 Å². The lowest BCUT2D eigenvalue weighted by Gasteiger charge is -2.28. The van der Waals surface area contributed by atoms with Crippen LogP contribution in [0.25, 0.3) is 23.1 Å². The van der Waals surface area contributed by atoms with Gasteiger partial charge in [0.05, 0.1) is 17.3 Å². The van der Waals surface area contributed by atoms with Crippen LogP contribution >= 0.6 is 36.4 Å². The van der Waals surface area contributed by atoms with E-state index in [1.54, 1.807) is 0 Å². The molecule has 1 fully saturated rings. The molecule has 178 valence electrons. The van der Waals surface area contributed by atoms with Crippen molar-refractivity contribution in [3.63, 3.8) is 0 Å². The van der Waals surface area contributed by atoms with Crippen molar-refractivity contribution in [3.8, 4) is 5.75 Å². The zero-order valence-electron chi connectivity index (χ0n) is 18.8. The van der Waals surface area contributed by atoms with Crippen LogP contribution in [-0.2, 0) is 0 Å². The molecule has 1 aliphatic carbocycles. The smallest absolute Gasteiger partial charge is 0.152 e. The standard InChI is InChI=1S/C25H29ClN4O.2ClH/c1-16(2)31-21-12-13-23-22(15-21)25(18-6-10-20(30-27)11-7-18)29-24(28-23)14-5-17-3-8-19(26)9-4-17;;/h3-5,8-9,12-16,18,20,30H,6-7,10-11,27H2,1-2H3;2*1H/t18-,20+;;. The number of hydrogen-bond donors (Lipinski definition) is 2. The normalized spacial score (nSPS) is 18.2. The number of fused-ring (bicyclic) bond motifs is 1. The molecule has 1 heterocycles. The van der Waals surface area contributed by atoms with E-state index in [2.05, 4.69) is 11.5 Å². The fourth-order valence-corrected chi connectivity index (χ4v) is 4.29. The van der Waals surface area contributed by atoms with Gasteiger partial charge in [-0.2, -0.15) is 0 Å². The van der Waals surface area contributed by atoms with Crippen LogP contribution in [0.5, 0.6) is 5.75 Å². The topological polar surface area (TPSA) is 73.1 Å². The fraction of sp³-hybridized carbons (Fsp3) is 0.360. The number of nitrogens with zero attached hydrogens (tertiary/aromatic N) is 2. The van der Waals surface area contributed by atoms with Crippen molar-refractivity contribution in [2.75, 3.05) is 0 Å². The lowest BCUT2D eigenvalue weighted by atomic mass is 9.83. The minimum absolute atomic E-state index is 0. The first-order valence-electron chi connectivity index (χ1n) is 10.9. The highest BCUT2D eigenvalue weighted by Crippen LogP contribution is 2.36. The van der Waals surface area contributed by atoms with Crippen LogP contribution in [0.3, 0.4) is 0 Å². The third-order valence-electron chi connectivity index (χ3n) is 5.73. The van der Waals surface area contributed by atoms with E-state index in [4.69, 9.17) is 32.1 Å². The molecular weight excluding hydrogens is 479 g/mol. The first-order chi connectivity index (χ1) is 15.0. The third-order valence-corrected chi connectivity index (χ3v) is 5.98. The number of nitrogens with two attached hydrogens (primary N) is 1. The predicted octanol–water partition coefficient (Wildman–Crippen LogP) is 6.57. The maximum Gasteiger partial charge on any atom is 0.152 e. The molecule has 5 nitrogen and oxygen atoms in total. The quantitative estimate of drug-likeness (QED) is 0.290. The molecule has 4 rings (SSSR count). The minimum Gasteiger partial charge on any atom is -0.491 e. The molecule has 1 aliphatic rings. The van der Waals surface area contributed by atoms with E-state index in [1.807, 2.05) is 62.4 Å². The van der Waals surface area contributed by atoms with Gasteiger partial charge in [-0.3, -0.25) is 11.3 Å². The Labute approximate surface area is 213 Å². The van der Waals surface area contributed by atoms with Gasteiger partial charge in [0.2, 0.25) is 0 Å². The summed E-state index contributed by atoms with van der Waals surface area (Å²) in [5.74, 6) is 7.62. The Morgan fingerprint density at radius 3 is 2.33 bits per heavy atom. The first kappa shape index (κ1) is 27.4. The van der Waals surface area contributed by atoms with Crippen molar-refractivity contribution in [2.24, 2.45) is 5.84 Å². The summed E-state index contributed by atoms with van der Waals surface area (Å²) in [5, 5.41) is 1.80. The summed E-state index contributed by atoms with van der Waals surface area (Å²) >= 11 is 5.99. The Balaban J connectivity index is 0.00000193. The molecule has 3 aromatic rings. The van der Waals surface area contributed by atoms with Crippen LogP contribution in [0.15, 0.2) is 42.5 Å². The Bertz CT molecular complexity index is 1070. The van der Waals surface area contributed by atoms with Gasteiger partial charge in [0.1, 0.15) is 5.75 Å². The Kier molecular flexibility index (Phi) is 10.4. The molecule has 0 bridgehead atoms. The van der Waals surface area contributed by atoms with Crippen molar-refractivity contribution in [1.82, 2.24) is 15.4 Å². The second kappa shape index (κ2) is 12.5. The molecule has 0 spiro atoms. The molecule has 33 heavy (non-hydrogen) atoms.